The van der Waals surface area contributed by atoms with E-state index in [2.05, 4.69) is 38.1 Å². The largest absolute Gasteiger partial charge is 0.493 e. The number of methoxy groups -OCH3 is 1. The number of rotatable bonds is 5. The summed E-state index contributed by atoms with van der Waals surface area (Å²) < 4.78 is 11.4. The summed E-state index contributed by atoms with van der Waals surface area (Å²) in [5.74, 6) is 0.789. The van der Waals surface area contributed by atoms with Gasteiger partial charge >= 0.3 is 5.97 Å². The third-order valence-electron chi connectivity index (χ3n) is 3.17. The molecule has 2 rings (SSSR count). The SMILES string of the molecule is COC(=O)CC(C)NCc1cc(Br)cc2c1OCC2. The van der Waals surface area contributed by atoms with Crippen molar-refractivity contribution in [3.8, 4) is 5.75 Å². The van der Waals surface area contributed by atoms with Crippen molar-refractivity contribution >= 4 is 21.9 Å². The molecule has 1 unspecified atom stereocenters. The zero-order valence-electron chi connectivity index (χ0n) is 11.2. The van der Waals surface area contributed by atoms with Gasteiger partial charge in [0, 0.05) is 29.0 Å². The molecule has 1 aliphatic rings. The molecule has 19 heavy (non-hydrogen) atoms. The number of hydrogen-bond donors (Lipinski definition) is 1. The highest BCUT2D eigenvalue weighted by Gasteiger charge is 2.18. The zero-order valence-corrected chi connectivity index (χ0v) is 12.7. The Morgan fingerprint density at radius 3 is 3.11 bits per heavy atom. The van der Waals surface area contributed by atoms with E-state index in [0.717, 1.165) is 28.8 Å². The van der Waals surface area contributed by atoms with Crippen molar-refractivity contribution in [2.75, 3.05) is 13.7 Å². The van der Waals surface area contributed by atoms with E-state index >= 15 is 0 Å². The van der Waals surface area contributed by atoms with Gasteiger partial charge in [-0.05, 0) is 24.6 Å². The highest BCUT2D eigenvalue weighted by Crippen LogP contribution is 2.32. The summed E-state index contributed by atoms with van der Waals surface area (Å²) in [6.07, 6.45) is 1.33. The summed E-state index contributed by atoms with van der Waals surface area (Å²) >= 11 is 3.52. The van der Waals surface area contributed by atoms with Crippen LogP contribution in [0.4, 0.5) is 0 Å². The van der Waals surface area contributed by atoms with E-state index in [0.29, 0.717) is 13.0 Å². The first kappa shape index (κ1) is 14.3. The topological polar surface area (TPSA) is 47.6 Å². The van der Waals surface area contributed by atoms with E-state index in [1.165, 1.54) is 12.7 Å². The molecule has 1 aliphatic heterocycles. The Morgan fingerprint density at radius 2 is 2.37 bits per heavy atom. The van der Waals surface area contributed by atoms with Crippen molar-refractivity contribution in [2.24, 2.45) is 0 Å². The van der Waals surface area contributed by atoms with Crippen molar-refractivity contribution in [3.05, 3.63) is 27.7 Å². The monoisotopic (exact) mass is 327 g/mol. The van der Waals surface area contributed by atoms with Crippen LogP contribution < -0.4 is 10.1 Å². The number of carbonyl (C=O) groups is 1. The van der Waals surface area contributed by atoms with Gasteiger partial charge in [0.2, 0.25) is 0 Å². The lowest BCUT2D eigenvalue weighted by molar-refractivity contribution is -0.141. The molecule has 104 valence electrons. The van der Waals surface area contributed by atoms with Gasteiger partial charge in [-0.25, -0.2) is 0 Å². The average Bonchev–Trinajstić information content (AvgIpc) is 2.83. The molecule has 0 aromatic heterocycles. The maximum atomic E-state index is 11.2. The molecule has 0 saturated carbocycles. The predicted octanol–water partition coefficient (Wildman–Crippen LogP) is 2.43. The van der Waals surface area contributed by atoms with Gasteiger partial charge in [0.05, 0.1) is 20.1 Å². The molecule has 0 amide bonds. The Kier molecular flexibility index (Phi) is 4.82. The van der Waals surface area contributed by atoms with Gasteiger partial charge in [0.15, 0.2) is 0 Å². The maximum absolute atomic E-state index is 11.2. The molecule has 1 N–H and O–H groups in total. The minimum atomic E-state index is -0.198. The summed E-state index contributed by atoms with van der Waals surface area (Å²) in [4.78, 5) is 11.2. The minimum Gasteiger partial charge on any atom is -0.493 e. The van der Waals surface area contributed by atoms with Crippen molar-refractivity contribution in [1.82, 2.24) is 5.32 Å². The van der Waals surface area contributed by atoms with Crippen LogP contribution in [0, 0.1) is 0 Å². The molecule has 1 heterocycles. The van der Waals surface area contributed by atoms with Gasteiger partial charge < -0.3 is 14.8 Å². The van der Waals surface area contributed by atoms with E-state index in [1.54, 1.807) is 0 Å². The van der Waals surface area contributed by atoms with Gasteiger partial charge in [0.25, 0.3) is 0 Å². The number of nitrogens with one attached hydrogen (secondary N) is 1. The second kappa shape index (κ2) is 6.39. The lowest BCUT2D eigenvalue weighted by atomic mass is 10.1. The fourth-order valence-corrected chi connectivity index (χ4v) is 2.72. The van der Waals surface area contributed by atoms with Crippen LogP contribution in [-0.2, 0) is 22.5 Å². The fourth-order valence-electron chi connectivity index (χ4n) is 2.17. The van der Waals surface area contributed by atoms with Crippen LogP contribution in [0.25, 0.3) is 0 Å². The Bertz CT molecular complexity index is 476. The normalized spacial score (nSPS) is 14.7. The molecule has 1 atom stereocenters. The number of halogens is 1. The van der Waals surface area contributed by atoms with Crippen LogP contribution in [-0.4, -0.2) is 25.7 Å². The molecule has 0 saturated heterocycles. The molecule has 0 bridgehead atoms. The van der Waals surface area contributed by atoms with E-state index < -0.39 is 0 Å². The van der Waals surface area contributed by atoms with E-state index in [4.69, 9.17) is 4.74 Å². The van der Waals surface area contributed by atoms with Gasteiger partial charge in [-0.3, -0.25) is 4.79 Å². The Balaban J connectivity index is 1.98. The first-order chi connectivity index (χ1) is 9.10. The van der Waals surface area contributed by atoms with Crippen molar-refractivity contribution < 1.29 is 14.3 Å². The molecule has 0 radical (unpaired) electrons. The van der Waals surface area contributed by atoms with Crippen LogP contribution in [0.15, 0.2) is 16.6 Å². The molecule has 0 fully saturated rings. The number of fused-ring (bicyclic) bond motifs is 1. The van der Waals surface area contributed by atoms with Crippen molar-refractivity contribution in [1.29, 1.82) is 0 Å². The predicted molar refractivity (Wildman–Crippen MR) is 76.3 cm³/mol. The Labute approximate surface area is 121 Å². The van der Waals surface area contributed by atoms with Crippen LogP contribution in [0.3, 0.4) is 0 Å². The smallest absolute Gasteiger partial charge is 0.307 e. The number of ether oxygens (including phenoxy) is 2. The minimum absolute atomic E-state index is 0.0727. The van der Waals surface area contributed by atoms with Crippen molar-refractivity contribution in [2.45, 2.75) is 32.4 Å². The first-order valence-corrected chi connectivity index (χ1v) is 7.13. The van der Waals surface area contributed by atoms with Crippen molar-refractivity contribution in [3.63, 3.8) is 0 Å². The second-order valence-corrected chi connectivity index (χ2v) is 5.63. The first-order valence-electron chi connectivity index (χ1n) is 6.34. The Morgan fingerprint density at radius 1 is 1.58 bits per heavy atom. The number of carbonyl (C=O) groups excluding carboxylic acids is 1. The molecule has 1 aromatic carbocycles. The molecular weight excluding hydrogens is 310 g/mol. The lowest BCUT2D eigenvalue weighted by Crippen LogP contribution is -2.28. The molecule has 4 nitrogen and oxygen atoms in total. The summed E-state index contributed by atoms with van der Waals surface area (Å²) in [7, 11) is 1.41. The molecule has 5 heteroatoms. The lowest BCUT2D eigenvalue weighted by Gasteiger charge is -2.14. The summed E-state index contributed by atoms with van der Waals surface area (Å²) in [6.45, 7) is 3.40. The quantitative estimate of drug-likeness (QED) is 0.844. The molecule has 1 aromatic rings. The highest BCUT2D eigenvalue weighted by atomic mass is 79.9. The number of benzene rings is 1. The molecular formula is C14H18BrNO3. The van der Waals surface area contributed by atoms with Crippen LogP contribution in [0.5, 0.6) is 5.75 Å². The number of hydrogen-bond acceptors (Lipinski definition) is 4. The van der Waals surface area contributed by atoms with Gasteiger partial charge in [-0.15, -0.1) is 0 Å². The van der Waals surface area contributed by atoms with Gasteiger partial charge in [-0.1, -0.05) is 15.9 Å². The zero-order chi connectivity index (χ0) is 13.8. The summed E-state index contributed by atoms with van der Waals surface area (Å²) in [5.41, 5.74) is 2.37. The molecule has 0 spiro atoms. The summed E-state index contributed by atoms with van der Waals surface area (Å²) in [5, 5.41) is 3.32. The average molecular weight is 328 g/mol. The third kappa shape index (κ3) is 3.70. The van der Waals surface area contributed by atoms with E-state index in [9.17, 15) is 4.79 Å². The highest BCUT2D eigenvalue weighted by molar-refractivity contribution is 9.10. The van der Waals surface area contributed by atoms with Crippen LogP contribution >= 0.6 is 15.9 Å². The summed E-state index contributed by atoms with van der Waals surface area (Å²) in [6, 6.07) is 4.23. The standard InChI is InChI=1S/C14H18BrNO3/c1-9(5-13(17)18-2)16-8-11-7-12(15)6-10-3-4-19-14(10)11/h6-7,9,16H,3-5,8H2,1-2H3. The van der Waals surface area contributed by atoms with Crippen LogP contribution in [0.1, 0.15) is 24.5 Å². The van der Waals surface area contributed by atoms with E-state index in [-0.39, 0.29) is 12.0 Å². The number of esters is 1. The van der Waals surface area contributed by atoms with Gasteiger partial charge in [-0.2, -0.15) is 0 Å². The molecule has 0 aliphatic carbocycles. The second-order valence-electron chi connectivity index (χ2n) is 4.71. The maximum Gasteiger partial charge on any atom is 0.307 e. The van der Waals surface area contributed by atoms with Gasteiger partial charge in [0.1, 0.15) is 5.75 Å². The van der Waals surface area contributed by atoms with E-state index in [1.807, 2.05) is 6.92 Å². The Hall–Kier alpha value is -1.07. The third-order valence-corrected chi connectivity index (χ3v) is 3.62. The van der Waals surface area contributed by atoms with Crippen LogP contribution in [0.2, 0.25) is 0 Å². The fraction of sp³-hybridized carbons (Fsp3) is 0.500.